The van der Waals surface area contributed by atoms with Crippen molar-refractivity contribution in [3.05, 3.63) is 35.9 Å². The monoisotopic (exact) mass is 334 g/mol. The molecule has 0 aromatic heterocycles. The van der Waals surface area contributed by atoms with Gasteiger partial charge in [0.15, 0.2) is 0 Å². The molecule has 0 bridgehead atoms. The minimum absolute atomic E-state index is 0.101. The van der Waals surface area contributed by atoms with Crippen molar-refractivity contribution in [3.8, 4) is 0 Å². The Labute approximate surface area is 145 Å². The zero-order valence-corrected chi connectivity index (χ0v) is 15.5. The number of amides is 2. The lowest BCUT2D eigenvalue weighted by molar-refractivity contribution is -0.133. The molecule has 0 aliphatic heterocycles. The molecule has 0 saturated carbocycles. The van der Waals surface area contributed by atoms with Crippen LogP contribution in [0.25, 0.3) is 0 Å². The normalized spacial score (nSPS) is 12.4. The topological polar surface area (TPSA) is 58.6 Å². The summed E-state index contributed by atoms with van der Waals surface area (Å²) in [5.41, 5.74) is 0.145. The average molecular weight is 334 g/mol. The Morgan fingerprint density at radius 3 is 2.08 bits per heavy atom. The van der Waals surface area contributed by atoms with Gasteiger partial charge in [-0.15, -0.1) is 0 Å². The van der Waals surface area contributed by atoms with E-state index in [2.05, 4.69) is 5.32 Å². The highest BCUT2D eigenvalue weighted by Gasteiger charge is 2.28. The van der Waals surface area contributed by atoms with E-state index in [1.807, 2.05) is 44.2 Å². The molecule has 0 fully saturated rings. The molecule has 0 spiro atoms. The van der Waals surface area contributed by atoms with Crippen LogP contribution in [0.15, 0.2) is 30.3 Å². The Hall–Kier alpha value is -2.04. The van der Waals surface area contributed by atoms with Gasteiger partial charge in [0.25, 0.3) is 0 Å². The summed E-state index contributed by atoms with van der Waals surface area (Å²) in [7, 11) is 0. The lowest BCUT2D eigenvalue weighted by atomic mass is 10.1. The highest BCUT2D eigenvalue weighted by molar-refractivity contribution is 5.87. The third-order valence-electron chi connectivity index (χ3n) is 3.34. The first-order chi connectivity index (χ1) is 11.3. The van der Waals surface area contributed by atoms with Gasteiger partial charge >= 0.3 is 6.09 Å². The van der Waals surface area contributed by atoms with Crippen LogP contribution >= 0.6 is 0 Å². The van der Waals surface area contributed by atoms with Crippen molar-refractivity contribution in [2.45, 2.75) is 59.1 Å². The number of alkyl carbamates (subject to hydrolysis) is 1. The second-order valence-electron chi connectivity index (χ2n) is 6.82. The number of rotatable bonds is 7. The molecule has 1 rings (SSSR count). The quantitative estimate of drug-likeness (QED) is 0.822. The SMILES string of the molecule is CCCN(CCC)C(=O)C(NC(=O)OC(C)(C)C)c1ccccc1. The maximum Gasteiger partial charge on any atom is 0.408 e. The number of carbonyl (C=O) groups is 2. The molecule has 134 valence electrons. The van der Waals surface area contributed by atoms with Gasteiger partial charge in [0, 0.05) is 13.1 Å². The van der Waals surface area contributed by atoms with Crippen LogP contribution in [0.5, 0.6) is 0 Å². The molecule has 24 heavy (non-hydrogen) atoms. The molecule has 1 unspecified atom stereocenters. The standard InChI is InChI=1S/C19H30N2O3/c1-6-13-21(14-7-2)17(22)16(15-11-9-8-10-12-15)20-18(23)24-19(3,4)5/h8-12,16H,6-7,13-14H2,1-5H3,(H,20,23). The van der Waals surface area contributed by atoms with E-state index < -0.39 is 17.7 Å². The van der Waals surface area contributed by atoms with Crippen molar-refractivity contribution in [2.75, 3.05) is 13.1 Å². The van der Waals surface area contributed by atoms with E-state index in [1.54, 1.807) is 25.7 Å². The Morgan fingerprint density at radius 1 is 1.08 bits per heavy atom. The molecule has 0 saturated heterocycles. The lowest BCUT2D eigenvalue weighted by Gasteiger charge is -2.28. The third-order valence-corrected chi connectivity index (χ3v) is 3.34. The summed E-state index contributed by atoms with van der Waals surface area (Å²) in [6, 6.07) is 8.55. The lowest BCUT2D eigenvalue weighted by Crippen LogP contribution is -2.45. The van der Waals surface area contributed by atoms with Gasteiger partial charge in [-0.25, -0.2) is 4.79 Å². The first-order valence-corrected chi connectivity index (χ1v) is 8.61. The van der Waals surface area contributed by atoms with Crippen molar-refractivity contribution in [1.82, 2.24) is 10.2 Å². The van der Waals surface area contributed by atoms with E-state index in [4.69, 9.17) is 4.74 Å². The maximum atomic E-state index is 13.0. The molecule has 5 nitrogen and oxygen atoms in total. The highest BCUT2D eigenvalue weighted by atomic mass is 16.6. The summed E-state index contributed by atoms with van der Waals surface area (Å²) in [6.45, 7) is 10.8. The molecular weight excluding hydrogens is 304 g/mol. The summed E-state index contributed by atoms with van der Waals surface area (Å²) in [4.78, 5) is 27.0. The fourth-order valence-electron chi connectivity index (χ4n) is 2.41. The first kappa shape index (κ1) is 20.0. The summed E-state index contributed by atoms with van der Waals surface area (Å²) in [5.74, 6) is -0.101. The van der Waals surface area contributed by atoms with Gasteiger partial charge in [-0.1, -0.05) is 44.2 Å². The van der Waals surface area contributed by atoms with Gasteiger partial charge in [-0.2, -0.15) is 0 Å². The van der Waals surface area contributed by atoms with Gasteiger partial charge < -0.3 is 15.0 Å². The second kappa shape index (κ2) is 9.30. The Bertz CT molecular complexity index is 517. The molecular formula is C19H30N2O3. The van der Waals surface area contributed by atoms with E-state index >= 15 is 0 Å². The third kappa shape index (κ3) is 6.60. The van der Waals surface area contributed by atoms with Crippen LogP contribution in [-0.2, 0) is 9.53 Å². The zero-order valence-electron chi connectivity index (χ0n) is 15.5. The average Bonchev–Trinajstić information content (AvgIpc) is 2.51. The Kier molecular flexibility index (Phi) is 7.75. The van der Waals surface area contributed by atoms with Gasteiger partial charge in [-0.05, 0) is 39.2 Å². The largest absolute Gasteiger partial charge is 0.444 e. The van der Waals surface area contributed by atoms with Crippen molar-refractivity contribution < 1.29 is 14.3 Å². The molecule has 0 aliphatic carbocycles. The summed E-state index contributed by atoms with van der Waals surface area (Å²) < 4.78 is 5.32. The molecule has 1 aromatic carbocycles. The van der Waals surface area contributed by atoms with Crippen molar-refractivity contribution in [2.24, 2.45) is 0 Å². The first-order valence-electron chi connectivity index (χ1n) is 8.61. The van der Waals surface area contributed by atoms with Crippen LogP contribution in [0, 0.1) is 0 Å². The van der Waals surface area contributed by atoms with Gasteiger partial charge in [-0.3, -0.25) is 4.79 Å². The van der Waals surface area contributed by atoms with Gasteiger partial charge in [0.2, 0.25) is 5.91 Å². The number of benzene rings is 1. The smallest absolute Gasteiger partial charge is 0.408 e. The zero-order chi connectivity index (χ0) is 18.2. The minimum atomic E-state index is -0.737. The molecule has 2 amide bonds. The van der Waals surface area contributed by atoms with Gasteiger partial charge in [0.05, 0.1) is 0 Å². The fraction of sp³-hybridized carbons (Fsp3) is 0.579. The van der Waals surface area contributed by atoms with Crippen LogP contribution in [0.2, 0.25) is 0 Å². The Morgan fingerprint density at radius 2 is 1.62 bits per heavy atom. The molecule has 0 aliphatic rings. The van der Waals surface area contributed by atoms with Crippen LogP contribution in [-0.4, -0.2) is 35.6 Å². The number of nitrogens with zero attached hydrogens (tertiary/aromatic N) is 1. The van der Waals surface area contributed by atoms with Crippen LogP contribution < -0.4 is 5.32 Å². The van der Waals surface area contributed by atoms with Gasteiger partial charge in [0.1, 0.15) is 11.6 Å². The number of hydrogen-bond donors (Lipinski definition) is 1. The summed E-state index contributed by atoms with van der Waals surface area (Å²) >= 11 is 0. The van der Waals surface area contributed by atoms with Crippen molar-refractivity contribution in [3.63, 3.8) is 0 Å². The molecule has 1 atom stereocenters. The minimum Gasteiger partial charge on any atom is -0.444 e. The number of carbonyl (C=O) groups excluding carboxylic acids is 2. The van der Waals surface area contributed by atoms with E-state index in [-0.39, 0.29) is 5.91 Å². The number of hydrogen-bond acceptors (Lipinski definition) is 3. The number of ether oxygens (including phenoxy) is 1. The van der Waals surface area contributed by atoms with Crippen LogP contribution in [0.3, 0.4) is 0 Å². The molecule has 1 aromatic rings. The molecule has 0 heterocycles. The molecule has 0 radical (unpaired) electrons. The van der Waals surface area contributed by atoms with Crippen LogP contribution in [0.4, 0.5) is 4.79 Å². The second-order valence-corrected chi connectivity index (χ2v) is 6.82. The van der Waals surface area contributed by atoms with Crippen molar-refractivity contribution >= 4 is 12.0 Å². The summed E-state index contributed by atoms with van der Waals surface area (Å²) in [6.07, 6.45) is 1.16. The van der Waals surface area contributed by atoms with E-state index in [0.717, 1.165) is 18.4 Å². The highest BCUT2D eigenvalue weighted by Crippen LogP contribution is 2.18. The molecule has 5 heteroatoms. The predicted molar refractivity (Wildman–Crippen MR) is 95.7 cm³/mol. The van der Waals surface area contributed by atoms with E-state index in [9.17, 15) is 9.59 Å². The van der Waals surface area contributed by atoms with Crippen LogP contribution in [0.1, 0.15) is 59.1 Å². The fourth-order valence-corrected chi connectivity index (χ4v) is 2.41. The van der Waals surface area contributed by atoms with E-state index in [0.29, 0.717) is 13.1 Å². The maximum absolute atomic E-state index is 13.0. The van der Waals surface area contributed by atoms with Crippen molar-refractivity contribution in [1.29, 1.82) is 0 Å². The predicted octanol–water partition coefficient (Wildman–Crippen LogP) is 3.90. The van der Waals surface area contributed by atoms with E-state index in [1.165, 1.54) is 0 Å². The number of nitrogens with one attached hydrogen (secondary N) is 1. The summed E-state index contributed by atoms with van der Waals surface area (Å²) in [5, 5.41) is 2.73. The Balaban J connectivity index is 3.01. The molecule has 1 N–H and O–H groups in total.